The van der Waals surface area contributed by atoms with Crippen molar-refractivity contribution in [3.63, 3.8) is 0 Å². The van der Waals surface area contributed by atoms with Crippen molar-refractivity contribution in [2.75, 3.05) is 17.3 Å². The maximum atomic E-state index is 13.9. The van der Waals surface area contributed by atoms with Crippen molar-refractivity contribution in [1.82, 2.24) is 4.90 Å². The van der Waals surface area contributed by atoms with Crippen molar-refractivity contribution in [3.8, 4) is 0 Å². The highest BCUT2D eigenvalue weighted by atomic mass is 32.2. The van der Waals surface area contributed by atoms with Gasteiger partial charge in [-0.15, -0.1) is 15.7 Å². The molecule has 37 heavy (non-hydrogen) atoms. The third-order valence-electron chi connectivity index (χ3n) is 7.52. The van der Waals surface area contributed by atoms with Crippen LogP contribution in [0.4, 0.5) is 5.00 Å². The van der Waals surface area contributed by atoms with E-state index in [1.165, 1.54) is 0 Å². The second-order valence-corrected chi connectivity index (χ2v) is 14.7. The molecule has 6 rings (SSSR count). The normalized spacial score (nSPS) is 27.6. The van der Waals surface area contributed by atoms with E-state index in [1.807, 2.05) is 30.3 Å². The number of anilines is 1. The summed E-state index contributed by atoms with van der Waals surface area (Å²) in [5.41, 5.74) is 1.17. The molecule has 1 amide bonds. The molecule has 3 heterocycles. The standard InChI is InChI=1S/C25H25N3O6S3/c1-36(31,32)10-9-17-13-35-24-22(17)37(33,34)27-23(26-24)19-21(29)18-15-7-8-16(11-15)20(18)28(25(19)30)12-14-5-3-2-4-6-14/h2-8,13,15-16,18,20,29H,9-12H2,1H3,(H,26,27). The number of allylic oxidation sites excluding steroid dienone is 1. The molecule has 1 aromatic heterocycles. The Balaban J connectivity index is 1.40. The average molecular weight is 560 g/mol. The van der Waals surface area contributed by atoms with Crippen LogP contribution in [0.25, 0.3) is 0 Å². The summed E-state index contributed by atoms with van der Waals surface area (Å²) in [6.45, 7) is 0.328. The number of aryl methyl sites for hydroxylation is 1. The first-order valence-electron chi connectivity index (χ1n) is 11.9. The SMILES string of the molecule is CS(=O)(=O)CCc1csc2c1S(=O)(=O)N=C(C1=C(O)C3C4C=CC(C4)C3N(Cc3ccccc3)C1=O)N2. The average Bonchev–Trinajstić information content (AvgIpc) is 3.55. The van der Waals surface area contributed by atoms with Crippen LogP contribution in [-0.4, -0.2) is 56.6 Å². The number of amidine groups is 1. The van der Waals surface area contributed by atoms with Crippen LogP contribution < -0.4 is 5.32 Å². The number of nitrogens with one attached hydrogen (secondary N) is 1. The Morgan fingerprint density at radius 1 is 1.19 bits per heavy atom. The van der Waals surface area contributed by atoms with E-state index in [4.69, 9.17) is 0 Å². The summed E-state index contributed by atoms with van der Waals surface area (Å²) in [5, 5.41) is 16.2. The molecule has 2 aromatic rings. The Kier molecular flexibility index (Phi) is 5.62. The molecule has 2 bridgehead atoms. The lowest BCUT2D eigenvalue weighted by Gasteiger charge is -2.42. The molecule has 1 saturated carbocycles. The zero-order chi connectivity index (χ0) is 26.1. The highest BCUT2D eigenvalue weighted by Gasteiger charge is 2.55. The lowest BCUT2D eigenvalue weighted by atomic mass is 9.80. The number of carbonyl (C=O) groups is 1. The number of amides is 1. The van der Waals surface area contributed by atoms with Crippen LogP contribution >= 0.6 is 11.3 Å². The number of sulfone groups is 1. The fraction of sp³-hybridized carbons (Fsp3) is 0.360. The predicted molar refractivity (Wildman–Crippen MR) is 141 cm³/mol. The zero-order valence-electron chi connectivity index (χ0n) is 19.9. The fourth-order valence-corrected chi connectivity index (χ4v) is 9.21. The molecule has 1 aromatic carbocycles. The van der Waals surface area contributed by atoms with Gasteiger partial charge in [0.2, 0.25) is 0 Å². The van der Waals surface area contributed by atoms with Gasteiger partial charge in [0.1, 0.15) is 31.1 Å². The number of fused-ring (bicyclic) bond motifs is 6. The van der Waals surface area contributed by atoms with Crippen LogP contribution in [0.3, 0.4) is 0 Å². The van der Waals surface area contributed by atoms with Crippen molar-refractivity contribution < 1.29 is 26.7 Å². The smallest absolute Gasteiger partial charge is 0.287 e. The minimum absolute atomic E-state index is 0.0350. The largest absolute Gasteiger partial charge is 0.511 e. The van der Waals surface area contributed by atoms with Gasteiger partial charge in [-0.25, -0.2) is 8.42 Å². The fourth-order valence-electron chi connectivity index (χ4n) is 5.94. The van der Waals surface area contributed by atoms with E-state index in [9.17, 15) is 26.7 Å². The number of aliphatic hydroxyl groups excluding tert-OH is 1. The Hall–Kier alpha value is -2.96. The molecule has 2 N–H and O–H groups in total. The lowest BCUT2D eigenvalue weighted by molar-refractivity contribution is -0.133. The minimum atomic E-state index is -4.24. The van der Waals surface area contributed by atoms with E-state index in [0.717, 1.165) is 29.6 Å². The summed E-state index contributed by atoms with van der Waals surface area (Å²) in [4.78, 5) is 15.6. The van der Waals surface area contributed by atoms with Crippen molar-refractivity contribution in [2.24, 2.45) is 22.2 Å². The number of thiophene rings is 1. The van der Waals surface area contributed by atoms with Crippen LogP contribution in [0.5, 0.6) is 0 Å². The molecule has 9 nitrogen and oxygen atoms in total. The maximum Gasteiger partial charge on any atom is 0.287 e. The number of aliphatic hydroxyl groups is 1. The maximum absolute atomic E-state index is 13.9. The van der Waals surface area contributed by atoms with Gasteiger partial charge >= 0.3 is 0 Å². The zero-order valence-corrected chi connectivity index (χ0v) is 22.3. The quantitative estimate of drug-likeness (QED) is 0.520. The second kappa shape index (κ2) is 8.53. The first-order valence-corrected chi connectivity index (χ1v) is 16.3. The molecule has 12 heteroatoms. The Morgan fingerprint density at radius 3 is 2.65 bits per heavy atom. The van der Waals surface area contributed by atoms with Crippen molar-refractivity contribution in [2.45, 2.75) is 30.3 Å². The van der Waals surface area contributed by atoms with Gasteiger partial charge in [-0.3, -0.25) is 4.79 Å². The van der Waals surface area contributed by atoms with E-state index in [2.05, 4.69) is 21.9 Å². The van der Waals surface area contributed by atoms with Crippen molar-refractivity contribution in [3.05, 3.63) is 70.3 Å². The van der Waals surface area contributed by atoms with Crippen LogP contribution in [0.15, 0.2) is 68.5 Å². The minimum Gasteiger partial charge on any atom is -0.511 e. The molecule has 0 radical (unpaired) electrons. The summed E-state index contributed by atoms with van der Waals surface area (Å²) < 4.78 is 53.7. The number of benzene rings is 1. The van der Waals surface area contributed by atoms with Gasteiger partial charge in [0, 0.05) is 24.8 Å². The summed E-state index contributed by atoms with van der Waals surface area (Å²) in [5.74, 6) is -1.16. The lowest BCUT2D eigenvalue weighted by Crippen LogP contribution is -2.53. The Morgan fingerprint density at radius 2 is 1.92 bits per heavy atom. The van der Waals surface area contributed by atoms with Crippen LogP contribution in [0, 0.1) is 17.8 Å². The van der Waals surface area contributed by atoms with E-state index < -0.39 is 25.8 Å². The third kappa shape index (κ3) is 4.11. The molecule has 194 valence electrons. The molecule has 0 spiro atoms. The summed E-state index contributed by atoms with van der Waals surface area (Å²) in [7, 11) is -7.53. The molecule has 2 aliphatic carbocycles. The molecular formula is C25H25N3O6S3. The van der Waals surface area contributed by atoms with Crippen molar-refractivity contribution >= 4 is 47.9 Å². The molecule has 2 aliphatic heterocycles. The van der Waals surface area contributed by atoms with Gasteiger partial charge in [-0.05, 0) is 41.2 Å². The van der Waals surface area contributed by atoms with Gasteiger partial charge in [0.25, 0.3) is 15.9 Å². The Bertz CT molecular complexity index is 1610. The van der Waals surface area contributed by atoms with Gasteiger partial charge in [0.15, 0.2) is 5.84 Å². The summed E-state index contributed by atoms with van der Waals surface area (Å²) >= 11 is 1.10. The third-order valence-corrected chi connectivity index (χ3v) is 10.9. The predicted octanol–water partition coefficient (Wildman–Crippen LogP) is 2.89. The number of nitrogens with zero attached hydrogens (tertiary/aromatic N) is 2. The monoisotopic (exact) mass is 559 g/mol. The van der Waals surface area contributed by atoms with Crippen molar-refractivity contribution in [1.29, 1.82) is 0 Å². The van der Waals surface area contributed by atoms with Crippen LogP contribution in [-0.2, 0) is 37.6 Å². The topological polar surface area (TPSA) is 133 Å². The molecular weight excluding hydrogens is 534 g/mol. The summed E-state index contributed by atoms with van der Waals surface area (Å²) in [6.07, 6.45) is 6.12. The second-order valence-electron chi connectivity index (χ2n) is 9.98. The molecule has 4 aliphatic rings. The number of rotatable bonds is 6. The first kappa shape index (κ1) is 24.4. The first-order chi connectivity index (χ1) is 17.5. The highest BCUT2D eigenvalue weighted by Crippen LogP contribution is 2.52. The van der Waals surface area contributed by atoms with E-state index in [-0.39, 0.29) is 63.0 Å². The summed E-state index contributed by atoms with van der Waals surface area (Å²) in [6, 6.07) is 9.34. The van der Waals surface area contributed by atoms with Gasteiger partial charge in [-0.2, -0.15) is 8.42 Å². The van der Waals surface area contributed by atoms with Gasteiger partial charge in [-0.1, -0.05) is 42.5 Å². The molecule has 4 atom stereocenters. The van der Waals surface area contributed by atoms with Crippen LogP contribution in [0.2, 0.25) is 0 Å². The molecule has 1 fully saturated rings. The van der Waals surface area contributed by atoms with Gasteiger partial charge < -0.3 is 15.3 Å². The molecule has 4 unspecified atom stereocenters. The van der Waals surface area contributed by atoms with E-state index in [1.54, 1.807) is 10.3 Å². The Labute approximate surface area is 219 Å². The number of sulfonamides is 1. The molecule has 0 saturated heterocycles. The van der Waals surface area contributed by atoms with E-state index >= 15 is 0 Å². The number of hydrogen-bond acceptors (Lipinski definition) is 8. The van der Waals surface area contributed by atoms with Gasteiger partial charge in [0.05, 0.1) is 5.75 Å². The van der Waals surface area contributed by atoms with E-state index in [0.29, 0.717) is 12.1 Å². The van der Waals surface area contributed by atoms with Crippen LogP contribution in [0.1, 0.15) is 17.5 Å². The number of hydrogen-bond donors (Lipinski definition) is 2. The highest BCUT2D eigenvalue weighted by molar-refractivity contribution is 7.91. The number of carbonyl (C=O) groups excluding carboxylic acids is 1.